The summed E-state index contributed by atoms with van der Waals surface area (Å²) in [5.74, 6) is 1.31. The predicted molar refractivity (Wildman–Crippen MR) is 103 cm³/mol. The molecule has 0 atom stereocenters. The van der Waals surface area contributed by atoms with Crippen LogP contribution in [0, 0.1) is 12.7 Å². The molecule has 8 heteroatoms. The average Bonchev–Trinajstić information content (AvgIpc) is 3.33. The number of aromatic nitrogens is 3. The van der Waals surface area contributed by atoms with Crippen LogP contribution < -0.4 is 21.3 Å². The van der Waals surface area contributed by atoms with Crippen molar-refractivity contribution < 1.29 is 9.13 Å². The van der Waals surface area contributed by atoms with Crippen LogP contribution in [0.2, 0.25) is 0 Å². The van der Waals surface area contributed by atoms with Crippen molar-refractivity contribution in [2.24, 2.45) is 0 Å². The van der Waals surface area contributed by atoms with Gasteiger partial charge < -0.3 is 4.74 Å². The van der Waals surface area contributed by atoms with Gasteiger partial charge in [0.15, 0.2) is 0 Å². The molecule has 2 aromatic carbocycles. The average molecular weight is 383 g/mol. The third-order valence-electron chi connectivity index (χ3n) is 5.02. The summed E-state index contributed by atoms with van der Waals surface area (Å²) in [6.07, 6.45) is 0. The zero-order valence-corrected chi connectivity index (χ0v) is 15.8. The van der Waals surface area contributed by atoms with E-state index in [1.165, 1.54) is 16.8 Å². The maximum absolute atomic E-state index is 13.1. The number of methoxy groups -OCH3 is 1. The Morgan fingerprint density at radius 3 is 2.57 bits per heavy atom. The topological polar surface area (TPSA) is 73.1 Å². The first-order chi connectivity index (χ1) is 13.6. The zero-order valence-electron chi connectivity index (χ0n) is 15.8. The summed E-state index contributed by atoms with van der Waals surface area (Å²) in [6.45, 7) is 3.75. The highest BCUT2D eigenvalue weighted by Gasteiger charge is 2.21. The minimum atomic E-state index is -0.302. The number of nitrogens with one attached hydrogen (secondary N) is 2. The van der Waals surface area contributed by atoms with Crippen molar-refractivity contribution in [2.75, 3.05) is 20.2 Å². The van der Waals surface area contributed by atoms with Gasteiger partial charge in [-0.15, -0.1) is 0 Å². The number of hydrogen-bond acceptors (Lipinski definition) is 5. The quantitative estimate of drug-likeness (QED) is 0.702. The smallest absolute Gasteiger partial charge is 0.351 e. The SMILES string of the molecule is COc1cc(-n2nc(C)n(Cc3ccc(F)cc3)c2=O)ccc1C1CNNC1. The molecule has 1 aliphatic rings. The van der Waals surface area contributed by atoms with Crippen LogP contribution in [-0.2, 0) is 6.54 Å². The Kier molecular flexibility index (Phi) is 4.97. The van der Waals surface area contributed by atoms with Gasteiger partial charge in [0.1, 0.15) is 17.4 Å². The predicted octanol–water partition coefficient (Wildman–Crippen LogP) is 1.73. The lowest BCUT2D eigenvalue weighted by Gasteiger charge is -2.14. The molecule has 146 valence electrons. The van der Waals surface area contributed by atoms with E-state index in [1.807, 2.05) is 18.2 Å². The van der Waals surface area contributed by atoms with Crippen LogP contribution in [0.1, 0.15) is 22.9 Å². The second kappa shape index (κ2) is 7.57. The van der Waals surface area contributed by atoms with E-state index in [2.05, 4.69) is 16.0 Å². The van der Waals surface area contributed by atoms with E-state index in [0.29, 0.717) is 24.0 Å². The van der Waals surface area contributed by atoms with Crippen molar-refractivity contribution in [1.82, 2.24) is 25.2 Å². The van der Waals surface area contributed by atoms with Crippen LogP contribution in [0.15, 0.2) is 47.3 Å². The highest BCUT2D eigenvalue weighted by atomic mass is 19.1. The molecule has 0 radical (unpaired) electrons. The van der Waals surface area contributed by atoms with Gasteiger partial charge in [-0.2, -0.15) is 9.78 Å². The molecule has 4 rings (SSSR count). The Morgan fingerprint density at radius 1 is 1.18 bits per heavy atom. The Bertz CT molecular complexity index is 1040. The lowest BCUT2D eigenvalue weighted by molar-refractivity contribution is 0.406. The van der Waals surface area contributed by atoms with Crippen LogP contribution in [0.4, 0.5) is 4.39 Å². The molecule has 1 fully saturated rings. The van der Waals surface area contributed by atoms with E-state index in [1.54, 1.807) is 30.7 Å². The van der Waals surface area contributed by atoms with E-state index in [4.69, 9.17) is 4.74 Å². The van der Waals surface area contributed by atoms with Gasteiger partial charge in [0.2, 0.25) is 0 Å². The molecule has 0 bridgehead atoms. The van der Waals surface area contributed by atoms with Crippen LogP contribution in [-0.4, -0.2) is 34.5 Å². The molecule has 28 heavy (non-hydrogen) atoms. The van der Waals surface area contributed by atoms with Gasteiger partial charge in [0, 0.05) is 25.1 Å². The molecule has 7 nitrogen and oxygen atoms in total. The monoisotopic (exact) mass is 383 g/mol. The molecule has 1 saturated heterocycles. The van der Waals surface area contributed by atoms with Crippen molar-refractivity contribution in [2.45, 2.75) is 19.4 Å². The lowest BCUT2D eigenvalue weighted by atomic mass is 9.99. The second-order valence-electron chi connectivity index (χ2n) is 6.84. The van der Waals surface area contributed by atoms with Crippen LogP contribution in [0.25, 0.3) is 5.69 Å². The summed E-state index contributed by atoms with van der Waals surface area (Å²) in [4.78, 5) is 12.9. The van der Waals surface area contributed by atoms with E-state index in [-0.39, 0.29) is 11.5 Å². The zero-order chi connectivity index (χ0) is 19.7. The van der Waals surface area contributed by atoms with Crippen LogP contribution in [0.5, 0.6) is 5.75 Å². The highest BCUT2D eigenvalue weighted by Crippen LogP contribution is 2.29. The summed E-state index contributed by atoms with van der Waals surface area (Å²) in [7, 11) is 1.62. The molecule has 0 unspecified atom stereocenters. The number of hydrogen-bond donors (Lipinski definition) is 2. The minimum absolute atomic E-state index is 0.249. The van der Waals surface area contributed by atoms with Crippen LogP contribution >= 0.6 is 0 Å². The first-order valence-corrected chi connectivity index (χ1v) is 9.11. The Hall–Kier alpha value is -2.97. The second-order valence-corrected chi connectivity index (χ2v) is 6.84. The van der Waals surface area contributed by atoms with Crippen LogP contribution in [0.3, 0.4) is 0 Å². The number of hydrazine groups is 1. The van der Waals surface area contributed by atoms with E-state index >= 15 is 0 Å². The Labute approximate surface area is 161 Å². The summed E-state index contributed by atoms with van der Waals surface area (Å²) >= 11 is 0. The number of ether oxygens (including phenoxy) is 1. The molecule has 1 aromatic heterocycles. The van der Waals surface area contributed by atoms with Gasteiger partial charge in [0.25, 0.3) is 0 Å². The third-order valence-corrected chi connectivity index (χ3v) is 5.02. The van der Waals surface area contributed by atoms with E-state index in [9.17, 15) is 9.18 Å². The Balaban J connectivity index is 1.68. The molecule has 3 aromatic rings. The van der Waals surface area contributed by atoms with Crippen molar-refractivity contribution in [3.63, 3.8) is 0 Å². The van der Waals surface area contributed by atoms with Gasteiger partial charge in [-0.1, -0.05) is 18.2 Å². The Morgan fingerprint density at radius 2 is 1.89 bits per heavy atom. The van der Waals surface area contributed by atoms with Gasteiger partial charge in [0.05, 0.1) is 19.3 Å². The summed E-state index contributed by atoms with van der Waals surface area (Å²) in [5, 5.41) is 4.41. The van der Waals surface area contributed by atoms with Crippen molar-refractivity contribution in [3.05, 3.63) is 75.7 Å². The highest BCUT2D eigenvalue weighted by molar-refractivity contribution is 5.46. The fourth-order valence-corrected chi connectivity index (χ4v) is 3.47. The standard InChI is InChI=1S/C20H22FN5O2/c1-13-24-26(20(27)25(13)12-14-3-5-16(21)6-4-14)17-7-8-18(19(9-17)28-2)15-10-22-23-11-15/h3-9,15,22-23H,10-12H2,1-2H3. The molecule has 0 aliphatic carbocycles. The van der Waals surface area contributed by atoms with Crippen molar-refractivity contribution in [1.29, 1.82) is 0 Å². The van der Waals surface area contributed by atoms with Crippen molar-refractivity contribution >= 4 is 0 Å². The minimum Gasteiger partial charge on any atom is -0.496 e. The first kappa shape index (κ1) is 18.4. The van der Waals surface area contributed by atoms with Crippen molar-refractivity contribution in [3.8, 4) is 11.4 Å². The number of rotatable bonds is 5. The molecular formula is C20H22FN5O2. The molecule has 2 heterocycles. The largest absolute Gasteiger partial charge is 0.496 e. The summed E-state index contributed by atoms with van der Waals surface area (Å²) in [6, 6.07) is 11.8. The summed E-state index contributed by atoms with van der Waals surface area (Å²) in [5.41, 5.74) is 8.54. The molecule has 0 saturated carbocycles. The molecular weight excluding hydrogens is 361 g/mol. The van der Waals surface area contributed by atoms with Gasteiger partial charge in [-0.3, -0.25) is 15.4 Å². The number of nitrogens with zero attached hydrogens (tertiary/aromatic N) is 3. The summed E-state index contributed by atoms with van der Waals surface area (Å²) < 4.78 is 21.6. The molecule has 1 aliphatic heterocycles. The molecule has 2 N–H and O–H groups in total. The number of aryl methyl sites for hydroxylation is 1. The van der Waals surface area contributed by atoms with Gasteiger partial charge >= 0.3 is 5.69 Å². The first-order valence-electron chi connectivity index (χ1n) is 9.11. The maximum Gasteiger partial charge on any atom is 0.351 e. The lowest BCUT2D eigenvalue weighted by Crippen LogP contribution is -2.24. The fraction of sp³-hybridized carbons (Fsp3) is 0.300. The van der Waals surface area contributed by atoms with Gasteiger partial charge in [-0.25, -0.2) is 9.18 Å². The molecule has 0 spiro atoms. The van der Waals surface area contributed by atoms with Gasteiger partial charge in [-0.05, 0) is 36.2 Å². The third kappa shape index (κ3) is 3.44. The van der Waals surface area contributed by atoms with E-state index < -0.39 is 0 Å². The van der Waals surface area contributed by atoms with E-state index in [0.717, 1.165) is 30.0 Å². The number of benzene rings is 2. The maximum atomic E-state index is 13.1. The number of halogens is 1. The normalized spacial score (nSPS) is 14.5. The molecule has 0 amide bonds. The fourth-order valence-electron chi connectivity index (χ4n) is 3.47.